The maximum absolute atomic E-state index is 12.2. The van der Waals surface area contributed by atoms with Crippen LogP contribution in [0.2, 0.25) is 10.0 Å². The van der Waals surface area contributed by atoms with Gasteiger partial charge in [0.25, 0.3) is 0 Å². The standard InChI is InChI=1S/C20H16ClN3O3.C19H14ClN3O3/c1-26-19-7-15-16(20(25)27-2)11-24(18(15)9-23-19)10-12-3-4-17-13(5-12)6-14(21)8-22-17;1-26-18-6-14-15(19(24)25)10-23(17(14)8-22-18)9-11-2-3-16-12(4-11)5-13(20)7-21-16/h3-9,11H,10H2,1-2H3;2-8,10H,9H2,1H3,(H,24,25). The number of fused-ring (bicyclic) bond motifs is 4. The fraction of sp³-hybridized carbons (Fsp3) is 0.128. The summed E-state index contributed by atoms with van der Waals surface area (Å²) in [5.41, 5.74) is 6.02. The second kappa shape index (κ2) is 14.8. The van der Waals surface area contributed by atoms with Crippen molar-refractivity contribution in [2.45, 2.75) is 13.1 Å². The zero-order valence-corrected chi connectivity index (χ0v) is 30.1. The molecule has 6 aromatic heterocycles. The quantitative estimate of drug-likeness (QED) is 0.152. The lowest BCUT2D eigenvalue weighted by Gasteiger charge is -2.07. The van der Waals surface area contributed by atoms with Gasteiger partial charge in [-0.15, -0.1) is 0 Å². The number of methoxy groups -OCH3 is 3. The molecule has 0 unspecified atom stereocenters. The SMILES string of the molecule is COC(=O)c1cn(Cc2ccc3ncc(Cl)cc3c2)c2cnc(OC)cc12.COc1cc2c(C(=O)O)cn(Cc3ccc4ncc(Cl)cc4c3)c2cn1. The van der Waals surface area contributed by atoms with Crippen LogP contribution in [0.5, 0.6) is 11.8 Å². The number of benzene rings is 2. The Kier molecular flexibility index (Phi) is 9.81. The number of esters is 1. The summed E-state index contributed by atoms with van der Waals surface area (Å²) >= 11 is 12.1. The van der Waals surface area contributed by atoms with Crippen molar-refractivity contribution in [1.82, 2.24) is 29.1 Å². The van der Waals surface area contributed by atoms with Gasteiger partial charge in [-0.1, -0.05) is 35.3 Å². The highest BCUT2D eigenvalue weighted by Crippen LogP contribution is 2.28. The number of carboxylic acids is 1. The summed E-state index contributed by atoms with van der Waals surface area (Å²) in [6.45, 7) is 1.06. The topological polar surface area (TPSA) is 143 Å². The minimum absolute atomic E-state index is 0.214. The predicted molar refractivity (Wildman–Crippen MR) is 203 cm³/mol. The maximum atomic E-state index is 12.2. The lowest BCUT2D eigenvalue weighted by Crippen LogP contribution is -2.01. The first-order valence-corrected chi connectivity index (χ1v) is 16.9. The van der Waals surface area contributed by atoms with Gasteiger partial charge in [0.1, 0.15) is 0 Å². The molecule has 0 atom stereocenters. The summed E-state index contributed by atoms with van der Waals surface area (Å²) in [6.07, 6.45) is 9.96. The monoisotopic (exact) mass is 748 g/mol. The third kappa shape index (κ3) is 7.27. The summed E-state index contributed by atoms with van der Waals surface area (Å²) in [7, 11) is 4.40. The number of rotatable bonds is 8. The Bertz CT molecular complexity index is 2690. The number of aromatic carboxylic acids is 1. The minimum Gasteiger partial charge on any atom is -0.481 e. The van der Waals surface area contributed by atoms with Crippen molar-refractivity contribution in [1.29, 1.82) is 0 Å². The molecule has 0 saturated heterocycles. The molecule has 0 aliphatic rings. The van der Waals surface area contributed by atoms with E-state index in [1.54, 1.807) is 49.3 Å². The molecule has 0 amide bonds. The van der Waals surface area contributed by atoms with Crippen molar-refractivity contribution in [3.63, 3.8) is 0 Å². The average Bonchev–Trinajstić information content (AvgIpc) is 3.71. The highest BCUT2D eigenvalue weighted by Gasteiger charge is 2.18. The first kappa shape index (κ1) is 35.2. The van der Waals surface area contributed by atoms with Crippen LogP contribution < -0.4 is 9.47 Å². The number of carboxylic acid groups (broad SMARTS) is 1. The largest absolute Gasteiger partial charge is 0.481 e. The molecule has 2 aromatic carbocycles. The fourth-order valence-corrected chi connectivity index (χ4v) is 6.50. The Labute approximate surface area is 312 Å². The molecule has 53 heavy (non-hydrogen) atoms. The van der Waals surface area contributed by atoms with E-state index in [2.05, 4.69) is 19.9 Å². The molecule has 0 fully saturated rings. The number of halogens is 2. The molecule has 0 saturated carbocycles. The number of hydrogen-bond acceptors (Lipinski definition) is 9. The molecule has 8 rings (SSSR count). The van der Waals surface area contributed by atoms with E-state index in [9.17, 15) is 14.7 Å². The highest BCUT2D eigenvalue weighted by molar-refractivity contribution is 6.31. The van der Waals surface area contributed by atoms with Gasteiger partial charge in [0.15, 0.2) is 0 Å². The molecule has 0 radical (unpaired) electrons. The number of aromatic nitrogens is 6. The van der Waals surface area contributed by atoms with E-state index in [-0.39, 0.29) is 5.56 Å². The van der Waals surface area contributed by atoms with Gasteiger partial charge in [-0.3, -0.25) is 9.97 Å². The number of nitrogens with zero attached hydrogens (tertiary/aromatic N) is 6. The summed E-state index contributed by atoms with van der Waals surface area (Å²) in [4.78, 5) is 40.8. The minimum atomic E-state index is -0.989. The fourth-order valence-electron chi connectivity index (χ4n) is 6.16. The van der Waals surface area contributed by atoms with Gasteiger partial charge in [0.2, 0.25) is 11.8 Å². The van der Waals surface area contributed by atoms with Crippen LogP contribution in [0.3, 0.4) is 0 Å². The number of carbonyl (C=O) groups is 2. The summed E-state index contributed by atoms with van der Waals surface area (Å²) < 4.78 is 19.0. The lowest BCUT2D eigenvalue weighted by atomic mass is 10.1. The number of hydrogen-bond donors (Lipinski definition) is 1. The van der Waals surface area contributed by atoms with Gasteiger partial charge in [0.05, 0.1) is 77.0 Å². The smallest absolute Gasteiger partial charge is 0.340 e. The second-order valence-electron chi connectivity index (χ2n) is 12.0. The van der Waals surface area contributed by atoms with Crippen LogP contribution in [0.1, 0.15) is 31.8 Å². The molecule has 0 spiro atoms. The molecule has 8 aromatic rings. The van der Waals surface area contributed by atoms with Gasteiger partial charge in [-0.05, 0) is 47.5 Å². The van der Waals surface area contributed by atoms with E-state index in [4.69, 9.17) is 37.4 Å². The number of carbonyl (C=O) groups excluding carboxylic acids is 1. The maximum Gasteiger partial charge on any atom is 0.340 e. The van der Waals surface area contributed by atoms with Crippen LogP contribution in [-0.2, 0) is 17.8 Å². The van der Waals surface area contributed by atoms with Crippen molar-refractivity contribution < 1.29 is 28.9 Å². The number of ether oxygens (including phenoxy) is 3. The van der Waals surface area contributed by atoms with Crippen LogP contribution >= 0.6 is 23.2 Å². The van der Waals surface area contributed by atoms with Crippen molar-refractivity contribution in [3.8, 4) is 11.8 Å². The van der Waals surface area contributed by atoms with Gasteiger partial charge in [-0.2, -0.15) is 0 Å². The third-order valence-electron chi connectivity index (χ3n) is 8.67. The highest BCUT2D eigenvalue weighted by atomic mass is 35.5. The molecule has 12 nitrogen and oxygen atoms in total. The zero-order chi connectivity index (χ0) is 37.2. The van der Waals surface area contributed by atoms with Crippen LogP contribution in [0.15, 0.2) is 97.8 Å². The molecule has 14 heteroatoms. The molecule has 1 N–H and O–H groups in total. The normalized spacial score (nSPS) is 11.1. The first-order chi connectivity index (χ1) is 25.6. The lowest BCUT2D eigenvalue weighted by molar-refractivity contribution is 0.0601. The third-order valence-corrected chi connectivity index (χ3v) is 9.08. The molecule has 0 aliphatic carbocycles. The second-order valence-corrected chi connectivity index (χ2v) is 12.9. The Hall–Kier alpha value is -6.24. The van der Waals surface area contributed by atoms with Gasteiger partial charge in [0, 0.05) is 71.6 Å². The molecule has 266 valence electrons. The van der Waals surface area contributed by atoms with Crippen molar-refractivity contribution in [3.05, 3.63) is 130 Å². The molecule has 0 bridgehead atoms. The Morgan fingerprint density at radius 2 is 1.11 bits per heavy atom. The van der Waals surface area contributed by atoms with E-state index in [0.717, 1.165) is 49.4 Å². The van der Waals surface area contributed by atoms with E-state index < -0.39 is 11.9 Å². The number of pyridine rings is 4. The van der Waals surface area contributed by atoms with Gasteiger partial charge < -0.3 is 28.5 Å². The summed E-state index contributed by atoms with van der Waals surface area (Å²) in [5, 5.41) is 13.9. The van der Waals surface area contributed by atoms with Crippen LogP contribution in [0.25, 0.3) is 43.6 Å². The summed E-state index contributed by atoms with van der Waals surface area (Å²) in [5.74, 6) is -0.570. The van der Waals surface area contributed by atoms with Crippen molar-refractivity contribution >= 4 is 78.8 Å². The van der Waals surface area contributed by atoms with Crippen LogP contribution in [-0.4, -0.2) is 67.4 Å². The van der Waals surface area contributed by atoms with Crippen molar-refractivity contribution in [2.75, 3.05) is 21.3 Å². The van der Waals surface area contributed by atoms with Gasteiger partial charge >= 0.3 is 11.9 Å². The van der Waals surface area contributed by atoms with E-state index in [1.807, 2.05) is 57.7 Å². The Morgan fingerprint density at radius 1 is 0.642 bits per heavy atom. The average molecular weight is 750 g/mol. The Morgan fingerprint density at radius 3 is 1.57 bits per heavy atom. The molecular weight excluding hydrogens is 719 g/mol. The first-order valence-electron chi connectivity index (χ1n) is 16.1. The molecular formula is C39H30Cl2N6O6. The Balaban J connectivity index is 0.000000164. The van der Waals surface area contributed by atoms with Gasteiger partial charge in [-0.25, -0.2) is 19.6 Å². The van der Waals surface area contributed by atoms with E-state index >= 15 is 0 Å². The van der Waals surface area contributed by atoms with E-state index in [1.165, 1.54) is 21.3 Å². The molecule has 0 aliphatic heterocycles. The zero-order valence-electron chi connectivity index (χ0n) is 28.6. The molecule has 6 heterocycles. The summed E-state index contributed by atoms with van der Waals surface area (Å²) in [6, 6.07) is 19.0. The predicted octanol–water partition coefficient (Wildman–Crippen LogP) is 8.07. The van der Waals surface area contributed by atoms with Crippen LogP contribution in [0.4, 0.5) is 0 Å². The van der Waals surface area contributed by atoms with Crippen LogP contribution in [0, 0.1) is 0 Å². The van der Waals surface area contributed by atoms with Crippen molar-refractivity contribution in [2.24, 2.45) is 0 Å². The van der Waals surface area contributed by atoms with E-state index in [0.29, 0.717) is 45.8 Å².